The van der Waals surface area contributed by atoms with Crippen LogP contribution in [0.2, 0.25) is 10.3 Å². The molecule has 13 heteroatoms. The first-order valence-corrected chi connectivity index (χ1v) is 16.4. The molecule has 2 fully saturated rings. The van der Waals surface area contributed by atoms with Crippen LogP contribution in [-0.2, 0) is 14.3 Å². The Balaban J connectivity index is 1.19. The number of hydrogen-bond donors (Lipinski definition) is 3. The number of H-pyrrole nitrogens is 2. The van der Waals surface area contributed by atoms with Gasteiger partial charge in [0.1, 0.15) is 34.2 Å². The highest BCUT2D eigenvalue weighted by Gasteiger charge is 2.38. The molecule has 3 amide bonds. The lowest BCUT2D eigenvalue weighted by Crippen LogP contribution is -2.51. The number of methoxy groups -OCH3 is 1. The zero-order chi connectivity index (χ0) is 33.2. The van der Waals surface area contributed by atoms with E-state index >= 15 is 0 Å². The summed E-state index contributed by atoms with van der Waals surface area (Å²) in [6.45, 7) is 5.00. The number of aromatic nitrogens is 4. The van der Waals surface area contributed by atoms with Crippen LogP contribution in [0.1, 0.15) is 74.5 Å². The number of ether oxygens (including phenoxy) is 1. The van der Waals surface area contributed by atoms with Crippen molar-refractivity contribution in [3.63, 3.8) is 0 Å². The summed E-state index contributed by atoms with van der Waals surface area (Å²) in [6, 6.07) is 10.8. The molecular formula is C34H35Cl2N7O4. The van der Waals surface area contributed by atoms with Crippen molar-refractivity contribution in [3.8, 4) is 23.1 Å². The highest BCUT2D eigenvalue weighted by molar-refractivity contribution is 6.32. The number of carbonyl (C=O) groups is 3. The summed E-state index contributed by atoms with van der Waals surface area (Å²) in [6.07, 6.45) is 3.51. The Bertz CT molecular complexity index is 1890. The maximum absolute atomic E-state index is 13.5. The van der Waals surface area contributed by atoms with Crippen LogP contribution in [0.3, 0.4) is 0 Å². The molecule has 3 atom stereocenters. The van der Waals surface area contributed by atoms with Gasteiger partial charge in [-0.15, -0.1) is 0 Å². The van der Waals surface area contributed by atoms with E-state index in [-0.39, 0.29) is 29.1 Å². The van der Waals surface area contributed by atoms with Crippen LogP contribution in [0.15, 0.2) is 36.4 Å². The van der Waals surface area contributed by atoms with E-state index < -0.39 is 12.1 Å². The number of nitrogens with one attached hydrogen (secondary N) is 3. The molecule has 0 spiro atoms. The minimum Gasteiger partial charge on any atom is -0.453 e. The van der Waals surface area contributed by atoms with E-state index in [9.17, 15) is 14.4 Å². The normalized spacial score (nSPS) is 18.3. The number of hydrogen-bond acceptors (Lipinski definition) is 6. The lowest BCUT2D eigenvalue weighted by molar-refractivity contribution is -0.135. The topological polar surface area (TPSA) is 136 Å². The van der Waals surface area contributed by atoms with Gasteiger partial charge < -0.3 is 29.8 Å². The van der Waals surface area contributed by atoms with Crippen molar-refractivity contribution < 1.29 is 19.1 Å². The zero-order valence-corrected chi connectivity index (χ0v) is 27.8. The second kappa shape index (κ2) is 13.7. The first-order chi connectivity index (χ1) is 22.7. The molecule has 244 valence electrons. The quantitative estimate of drug-likeness (QED) is 0.162. The van der Waals surface area contributed by atoms with Gasteiger partial charge in [0.15, 0.2) is 5.15 Å². The molecule has 2 aliphatic heterocycles. The Morgan fingerprint density at radius 1 is 1.00 bits per heavy atom. The summed E-state index contributed by atoms with van der Waals surface area (Å²) < 4.78 is 4.72. The minimum absolute atomic E-state index is 0.0908. The second-order valence-corrected chi connectivity index (χ2v) is 12.9. The first-order valence-electron chi connectivity index (χ1n) is 15.6. The van der Waals surface area contributed by atoms with Gasteiger partial charge in [0.2, 0.25) is 12.3 Å². The van der Waals surface area contributed by atoms with Crippen LogP contribution >= 0.6 is 23.2 Å². The molecule has 2 aliphatic rings. The van der Waals surface area contributed by atoms with Crippen molar-refractivity contribution >= 4 is 52.4 Å². The van der Waals surface area contributed by atoms with Crippen LogP contribution in [0.25, 0.3) is 22.0 Å². The van der Waals surface area contributed by atoms with Crippen molar-refractivity contribution in [1.82, 2.24) is 35.1 Å². The summed E-state index contributed by atoms with van der Waals surface area (Å²) >= 11 is 13.1. The van der Waals surface area contributed by atoms with Gasteiger partial charge in [-0.1, -0.05) is 61.2 Å². The smallest absolute Gasteiger partial charge is 0.407 e. The van der Waals surface area contributed by atoms with Crippen LogP contribution in [-0.4, -0.2) is 74.4 Å². The lowest BCUT2D eigenvalue weighted by Gasteiger charge is -2.29. The second-order valence-electron chi connectivity index (χ2n) is 12.1. The highest BCUT2D eigenvalue weighted by atomic mass is 35.5. The molecule has 2 aromatic heterocycles. The van der Waals surface area contributed by atoms with Crippen LogP contribution in [0.5, 0.6) is 0 Å². The number of aromatic amines is 2. The largest absolute Gasteiger partial charge is 0.453 e. The summed E-state index contributed by atoms with van der Waals surface area (Å²) in [5.41, 5.74) is 2.77. The van der Waals surface area contributed by atoms with Crippen LogP contribution in [0, 0.1) is 17.8 Å². The number of likely N-dealkylation sites (tertiary alicyclic amines) is 2. The van der Waals surface area contributed by atoms with Gasteiger partial charge in [-0.05, 0) is 66.5 Å². The van der Waals surface area contributed by atoms with Crippen molar-refractivity contribution in [2.45, 2.75) is 57.7 Å². The molecule has 0 bridgehead atoms. The fourth-order valence-electron chi connectivity index (χ4n) is 6.34. The molecular weight excluding hydrogens is 641 g/mol. The van der Waals surface area contributed by atoms with E-state index in [1.54, 1.807) is 9.80 Å². The Labute approximate surface area is 282 Å². The predicted molar refractivity (Wildman–Crippen MR) is 179 cm³/mol. The molecule has 4 aromatic rings. The molecule has 0 radical (unpaired) electrons. The first kappa shape index (κ1) is 32.4. The highest BCUT2D eigenvalue weighted by Crippen LogP contribution is 2.35. The van der Waals surface area contributed by atoms with Crippen LogP contribution < -0.4 is 5.32 Å². The Kier molecular flexibility index (Phi) is 9.43. The average Bonchev–Trinajstić information content (AvgIpc) is 3.88. The van der Waals surface area contributed by atoms with Gasteiger partial charge in [-0.2, -0.15) is 0 Å². The number of halogens is 2. The molecule has 3 N–H and O–H groups in total. The van der Waals surface area contributed by atoms with Crippen molar-refractivity contribution in [3.05, 3.63) is 69.6 Å². The van der Waals surface area contributed by atoms with Gasteiger partial charge >= 0.3 is 6.09 Å². The molecule has 11 nitrogen and oxygen atoms in total. The molecule has 47 heavy (non-hydrogen) atoms. The van der Waals surface area contributed by atoms with Gasteiger partial charge in [0, 0.05) is 24.2 Å². The number of fused-ring (bicyclic) bond motifs is 1. The summed E-state index contributed by atoms with van der Waals surface area (Å²) in [5, 5.41) is 5.32. The molecule has 2 aromatic carbocycles. The van der Waals surface area contributed by atoms with Gasteiger partial charge in [0.25, 0.3) is 0 Å². The minimum atomic E-state index is -0.725. The third-order valence-electron chi connectivity index (χ3n) is 8.79. The Morgan fingerprint density at radius 3 is 2.49 bits per heavy atom. The van der Waals surface area contributed by atoms with E-state index in [0.29, 0.717) is 47.7 Å². The zero-order valence-electron chi connectivity index (χ0n) is 26.3. The van der Waals surface area contributed by atoms with Gasteiger partial charge in [0.05, 0.1) is 19.2 Å². The average molecular weight is 677 g/mol. The molecule has 6 rings (SSSR count). The van der Waals surface area contributed by atoms with Crippen molar-refractivity contribution in [2.75, 3.05) is 20.2 Å². The standard InChI is InChI=1S/C34H35Cl2N7O4/c1-19(2)27(39-34(46)47-3)33(45)43-15-5-7-26(43)32-37-24(29(35)40-32)13-9-20-8-10-22-17-23(12-11-21(22)16-20)28-30(36)41-31(38-28)25-6-4-14-42(25)18-44/h8,10-12,16-19,25-27H,4-7,14-15H2,1-3H3,(H,37,40)(H,38,41)(H,39,46)/t25-,26-,27-/m0/s1. The number of nitrogens with zero attached hydrogens (tertiary/aromatic N) is 4. The van der Waals surface area contributed by atoms with Crippen LogP contribution in [0.4, 0.5) is 4.79 Å². The van der Waals surface area contributed by atoms with Crippen molar-refractivity contribution in [2.24, 2.45) is 5.92 Å². The third-order valence-corrected chi connectivity index (χ3v) is 9.34. The van der Waals surface area contributed by atoms with Gasteiger partial charge in [-0.25, -0.2) is 14.8 Å². The molecule has 0 saturated carbocycles. The monoisotopic (exact) mass is 675 g/mol. The fraction of sp³-hybridized carbons (Fsp3) is 0.382. The number of imidazole rings is 2. The third kappa shape index (κ3) is 6.66. The number of benzene rings is 2. The summed E-state index contributed by atoms with van der Waals surface area (Å²) in [4.78, 5) is 55.9. The Hall–Kier alpha value is -4.53. The van der Waals surface area contributed by atoms with E-state index in [1.165, 1.54) is 7.11 Å². The number of rotatable bonds is 7. The van der Waals surface area contributed by atoms with E-state index in [0.717, 1.165) is 47.6 Å². The SMILES string of the molecule is COC(=O)N[C@H](C(=O)N1CCC[C@H]1c1nc(Cl)c(C#Cc2ccc3cc(-c4nc([C@@H]5CCCN5C=O)[nH]c4Cl)ccc3c2)[nH]1)C(C)C. The maximum atomic E-state index is 13.5. The Morgan fingerprint density at radius 2 is 1.72 bits per heavy atom. The van der Waals surface area contributed by atoms with E-state index in [2.05, 4.69) is 32.1 Å². The molecule has 2 saturated heterocycles. The number of alkyl carbamates (subject to hydrolysis) is 1. The lowest BCUT2D eigenvalue weighted by atomic mass is 10.0. The maximum Gasteiger partial charge on any atom is 0.407 e. The fourth-order valence-corrected chi connectivity index (χ4v) is 6.77. The van der Waals surface area contributed by atoms with Gasteiger partial charge in [-0.3, -0.25) is 9.59 Å². The van der Waals surface area contributed by atoms with E-state index in [4.69, 9.17) is 32.9 Å². The number of amides is 3. The molecule has 4 heterocycles. The summed E-state index contributed by atoms with van der Waals surface area (Å²) in [7, 11) is 1.27. The molecule has 0 unspecified atom stereocenters. The number of carbonyl (C=O) groups excluding carboxylic acids is 3. The predicted octanol–water partition coefficient (Wildman–Crippen LogP) is 6.00. The summed E-state index contributed by atoms with van der Waals surface area (Å²) in [5.74, 6) is 7.21. The van der Waals surface area contributed by atoms with Crippen molar-refractivity contribution in [1.29, 1.82) is 0 Å². The van der Waals surface area contributed by atoms with E-state index in [1.807, 2.05) is 50.2 Å². The molecule has 0 aliphatic carbocycles.